The molecule has 0 aromatic carbocycles. The van der Waals surface area contributed by atoms with E-state index in [1.807, 2.05) is 0 Å². The van der Waals surface area contributed by atoms with Gasteiger partial charge >= 0.3 is 0 Å². The van der Waals surface area contributed by atoms with E-state index in [9.17, 15) is 13.5 Å². The van der Waals surface area contributed by atoms with E-state index < -0.39 is 15.9 Å². The number of hydrogen-bond acceptors (Lipinski definition) is 5. The minimum atomic E-state index is -3.00. The third-order valence-electron chi connectivity index (χ3n) is 4.01. The Balaban J connectivity index is 1.72. The first-order valence-electron chi connectivity index (χ1n) is 6.78. The topological polar surface area (TPSA) is 69.6 Å². The minimum Gasteiger partial charge on any atom is -0.390 e. The number of rotatable bonds is 6. The van der Waals surface area contributed by atoms with Crippen molar-refractivity contribution in [3.8, 4) is 0 Å². The molecule has 2 N–H and O–H groups in total. The summed E-state index contributed by atoms with van der Waals surface area (Å²) in [7, 11) is -3.00. The second-order valence-corrected chi connectivity index (χ2v) is 7.83. The van der Waals surface area contributed by atoms with Crippen LogP contribution in [0.3, 0.4) is 0 Å². The second kappa shape index (κ2) is 5.86. The highest BCUT2D eigenvalue weighted by atomic mass is 32.2. The summed E-state index contributed by atoms with van der Waals surface area (Å²) >= 11 is 0. The molecule has 106 valence electrons. The lowest BCUT2D eigenvalue weighted by Gasteiger charge is -2.36. The quantitative estimate of drug-likeness (QED) is 0.712. The van der Waals surface area contributed by atoms with E-state index in [-0.39, 0.29) is 5.88 Å². The van der Waals surface area contributed by atoms with Crippen molar-refractivity contribution < 1.29 is 13.5 Å². The molecule has 2 saturated heterocycles. The Morgan fingerprint density at radius 1 is 1.28 bits per heavy atom. The fraction of sp³-hybridized carbons (Fsp3) is 1.00. The number of aliphatic hydroxyl groups is 1. The number of nitrogens with one attached hydrogen (secondary N) is 1. The maximum Gasteiger partial charge on any atom is 0.160 e. The molecular weight excluding hydrogens is 252 g/mol. The van der Waals surface area contributed by atoms with Crippen molar-refractivity contribution in [1.82, 2.24) is 10.2 Å². The number of nitrogens with zero attached hydrogens (tertiary/aromatic N) is 1. The smallest absolute Gasteiger partial charge is 0.160 e. The number of piperidine rings is 1. The van der Waals surface area contributed by atoms with Crippen LogP contribution in [0.25, 0.3) is 0 Å². The van der Waals surface area contributed by atoms with Crippen molar-refractivity contribution in [3.05, 3.63) is 0 Å². The van der Waals surface area contributed by atoms with Gasteiger partial charge in [0.1, 0.15) is 0 Å². The van der Waals surface area contributed by atoms with E-state index >= 15 is 0 Å². The van der Waals surface area contributed by atoms with Crippen LogP contribution in [-0.4, -0.2) is 61.8 Å². The molecule has 0 unspecified atom stereocenters. The summed E-state index contributed by atoms with van der Waals surface area (Å²) in [6.45, 7) is 1.02. The molecular formula is C12H24N2O3S. The molecule has 2 aliphatic rings. The summed E-state index contributed by atoms with van der Waals surface area (Å²) in [5.41, 5.74) is 0. The van der Waals surface area contributed by atoms with Crippen molar-refractivity contribution in [2.75, 3.05) is 25.2 Å². The molecule has 0 aliphatic carbocycles. The Kier molecular flexibility index (Phi) is 4.64. The zero-order chi connectivity index (χ0) is 13.2. The fourth-order valence-corrected chi connectivity index (χ4v) is 3.73. The largest absolute Gasteiger partial charge is 0.390 e. The van der Waals surface area contributed by atoms with Crippen LogP contribution in [0.4, 0.5) is 0 Å². The van der Waals surface area contributed by atoms with E-state index in [0.717, 1.165) is 0 Å². The van der Waals surface area contributed by atoms with E-state index in [1.54, 1.807) is 0 Å². The highest BCUT2D eigenvalue weighted by Gasteiger charge is 2.36. The van der Waals surface area contributed by atoms with Crippen LogP contribution in [0.1, 0.15) is 32.1 Å². The van der Waals surface area contributed by atoms with Crippen molar-refractivity contribution in [2.24, 2.45) is 0 Å². The molecule has 2 heterocycles. The van der Waals surface area contributed by atoms with Gasteiger partial charge in [-0.2, -0.15) is 0 Å². The fourth-order valence-electron chi connectivity index (χ4n) is 3.24. The molecule has 0 saturated carbocycles. The molecule has 0 radical (unpaired) electrons. The van der Waals surface area contributed by atoms with Crippen molar-refractivity contribution >= 4 is 9.84 Å². The second-order valence-electron chi connectivity index (χ2n) is 5.69. The Labute approximate surface area is 109 Å². The van der Waals surface area contributed by atoms with Crippen LogP contribution in [0.5, 0.6) is 0 Å². The van der Waals surface area contributed by atoms with E-state index in [1.165, 1.54) is 38.4 Å². The standard InChI is InChI=1S/C12H24N2O3S/c1-18(16,17)9-13-7-12(15)8-14-10-3-2-4-11(14)6-5-10/h10-13,15H,2-9H2,1H3/t10-,11+,12-/m0/s1. The number of hydrogen-bond donors (Lipinski definition) is 2. The highest BCUT2D eigenvalue weighted by Crippen LogP contribution is 2.35. The lowest BCUT2D eigenvalue weighted by Crippen LogP contribution is -2.46. The van der Waals surface area contributed by atoms with Crippen LogP contribution in [0, 0.1) is 0 Å². The Morgan fingerprint density at radius 2 is 1.89 bits per heavy atom. The van der Waals surface area contributed by atoms with Gasteiger partial charge in [0.15, 0.2) is 9.84 Å². The molecule has 5 nitrogen and oxygen atoms in total. The summed E-state index contributed by atoms with van der Waals surface area (Å²) in [5.74, 6) is -0.0586. The molecule has 0 aromatic rings. The van der Waals surface area contributed by atoms with Gasteiger partial charge in [0.05, 0.1) is 12.0 Å². The van der Waals surface area contributed by atoms with Crippen LogP contribution < -0.4 is 5.32 Å². The molecule has 2 fully saturated rings. The Hall–Kier alpha value is -0.170. The third-order valence-corrected chi connectivity index (χ3v) is 4.74. The van der Waals surface area contributed by atoms with Gasteiger partial charge in [-0.25, -0.2) is 8.42 Å². The lowest BCUT2D eigenvalue weighted by molar-refractivity contribution is 0.0629. The molecule has 2 bridgehead atoms. The first-order valence-corrected chi connectivity index (χ1v) is 8.84. The van der Waals surface area contributed by atoms with Gasteiger partial charge in [0, 0.05) is 31.4 Å². The predicted molar refractivity (Wildman–Crippen MR) is 71.1 cm³/mol. The van der Waals surface area contributed by atoms with Crippen molar-refractivity contribution in [2.45, 2.75) is 50.3 Å². The van der Waals surface area contributed by atoms with E-state index in [2.05, 4.69) is 10.2 Å². The van der Waals surface area contributed by atoms with Crippen LogP contribution >= 0.6 is 0 Å². The zero-order valence-corrected chi connectivity index (χ0v) is 11.8. The molecule has 0 amide bonds. The molecule has 3 atom stereocenters. The number of fused-ring (bicyclic) bond motifs is 2. The summed E-state index contributed by atoms with van der Waals surface area (Å²) in [6, 6.07) is 1.29. The van der Waals surface area contributed by atoms with Gasteiger partial charge in [-0.05, 0) is 25.7 Å². The first kappa shape index (κ1) is 14.2. The number of aliphatic hydroxyl groups excluding tert-OH is 1. The van der Waals surface area contributed by atoms with Crippen LogP contribution in [-0.2, 0) is 9.84 Å². The zero-order valence-electron chi connectivity index (χ0n) is 11.0. The molecule has 6 heteroatoms. The van der Waals surface area contributed by atoms with Crippen molar-refractivity contribution in [1.29, 1.82) is 0 Å². The monoisotopic (exact) mass is 276 g/mol. The summed E-state index contributed by atoms with van der Waals surface area (Å²) in [6.07, 6.45) is 7.04. The van der Waals surface area contributed by atoms with Gasteiger partial charge < -0.3 is 10.4 Å². The maximum atomic E-state index is 11.0. The summed E-state index contributed by atoms with van der Waals surface area (Å²) in [5, 5.41) is 12.8. The summed E-state index contributed by atoms with van der Waals surface area (Å²) in [4.78, 5) is 2.43. The number of sulfone groups is 1. The minimum absolute atomic E-state index is 0.0586. The average Bonchev–Trinajstić information content (AvgIpc) is 2.49. The Morgan fingerprint density at radius 3 is 2.44 bits per heavy atom. The SMILES string of the molecule is CS(=O)(=O)CNC[C@H](O)CN1[C@@H]2CCC[C@H]1CC2. The summed E-state index contributed by atoms with van der Waals surface area (Å²) < 4.78 is 21.9. The van der Waals surface area contributed by atoms with Gasteiger partial charge in [-0.3, -0.25) is 4.90 Å². The molecule has 18 heavy (non-hydrogen) atoms. The molecule has 0 spiro atoms. The van der Waals surface area contributed by atoms with E-state index in [4.69, 9.17) is 0 Å². The lowest BCUT2D eigenvalue weighted by atomic mass is 10.0. The van der Waals surface area contributed by atoms with Gasteiger partial charge in [0.2, 0.25) is 0 Å². The molecule has 2 aliphatic heterocycles. The highest BCUT2D eigenvalue weighted by molar-refractivity contribution is 7.90. The van der Waals surface area contributed by atoms with Gasteiger partial charge in [-0.1, -0.05) is 6.42 Å². The maximum absolute atomic E-state index is 11.0. The van der Waals surface area contributed by atoms with Crippen LogP contribution in [0.2, 0.25) is 0 Å². The normalized spacial score (nSPS) is 30.6. The first-order chi connectivity index (χ1) is 8.46. The van der Waals surface area contributed by atoms with Crippen LogP contribution in [0.15, 0.2) is 0 Å². The average molecular weight is 276 g/mol. The predicted octanol–water partition coefficient (Wildman–Crippen LogP) is -0.0441. The third kappa shape index (κ3) is 3.91. The molecule has 0 aromatic heterocycles. The molecule has 2 rings (SSSR count). The Bertz CT molecular complexity index is 356. The van der Waals surface area contributed by atoms with Crippen molar-refractivity contribution in [3.63, 3.8) is 0 Å². The van der Waals surface area contributed by atoms with E-state index in [0.29, 0.717) is 25.2 Å². The van der Waals surface area contributed by atoms with Gasteiger partial charge in [-0.15, -0.1) is 0 Å². The van der Waals surface area contributed by atoms with Gasteiger partial charge in [0.25, 0.3) is 0 Å².